The summed E-state index contributed by atoms with van der Waals surface area (Å²) in [5.74, 6) is -0.776. The summed E-state index contributed by atoms with van der Waals surface area (Å²) in [7, 11) is 0. The second kappa shape index (κ2) is 9.13. The summed E-state index contributed by atoms with van der Waals surface area (Å²) in [6.07, 6.45) is -4.45. The van der Waals surface area contributed by atoms with Crippen LogP contribution < -0.4 is 15.4 Å². The lowest BCUT2D eigenvalue weighted by Gasteiger charge is -2.12. The second-order valence-corrected chi connectivity index (χ2v) is 6.23. The molecule has 0 aliphatic carbocycles. The monoisotopic (exact) mass is 414 g/mol. The van der Waals surface area contributed by atoms with Crippen LogP contribution in [0.4, 0.5) is 24.5 Å². The van der Waals surface area contributed by atoms with Gasteiger partial charge in [-0.1, -0.05) is 30.3 Å². The number of anilines is 2. The number of hydrogen-bond donors (Lipinski definition) is 2. The van der Waals surface area contributed by atoms with E-state index in [1.54, 1.807) is 48.5 Å². The lowest BCUT2D eigenvalue weighted by atomic mass is 10.2. The van der Waals surface area contributed by atoms with Crippen LogP contribution in [0, 0.1) is 0 Å². The van der Waals surface area contributed by atoms with E-state index in [0.717, 1.165) is 24.3 Å². The highest BCUT2D eigenvalue weighted by Crippen LogP contribution is 2.29. The fourth-order valence-corrected chi connectivity index (χ4v) is 2.58. The molecular weight excluding hydrogens is 397 g/mol. The molecule has 0 radical (unpaired) electrons. The van der Waals surface area contributed by atoms with Crippen LogP contribution in [0.25, 0.3) is 0 Å². The molecule has 2 amide bonds. The molecule has 5 nitrogen and oxygen atoms in total. The van der Waals surface area contributed by atoms with Crippen LogP contribution in [0.3, 0.4) is 0 Å². The smallest absolute Gasteiger partial charge is 0.416 e. The van der Waals surface area contributed by atoms with Gasteiger partial charge in [0.2, 0.25) is 0 Å². The van der Waals surface area contributed by atoms with Gasteiger partial charge < -0.3 is 15.4 Å². The molecule has 3 aromatic rings. The molecule has 0 unspecified atom stereocenters. The minimum Gasteiger partial charge on any atom is -0.483 e. The van der Waals surface area contributed by atoms with E-state index >= 15 is 0 Å². The normalized spacial score (nSPS) is 10.9. The van der Waals surface area contributed by atoms with Gasteiger partial charge in [0.1, 0.15) is 5.75 Å². The lowest BCUT2D eigenvalue weighted by molar-refractivity contribution is -0.137. The minimum atomic E-state index is -4.45. The molecule has 8 heteroatoms. The first kappa shape index (κ1) is 20.9. The third kappa shape index (κ3) is 5.60. The van der Waals surface area contributed by atoms with E-state index in [1.807, 2.05) is 6.07 Å². The van der Waals surface area contributed by atoms with Crippen molar-refractivity contribution in [2.24, 2.45) is 0 Å². The number of amides is 2. The molecule has 3 rings (SSSR count). The van der Waals surface area contributed by atoms with Crippen molar-refractivity contribution < 1.29 is 27.5 Å². The molecule has 154 valence electrons. The molecule has 0 aliphatic heterocycles. The Kier molecular flexibility index (Phi) is 6.36. The third-order valence-corrected chi connectivity index (χ3v) is 4.02. The number of alkyl halides is 3. The zero-order chi connectivity index (χ0) is 21.6. The molecule has 30 heavy (non-hydrogen) atoms. The molecule has 0 saturated carbocycles. The van der Waals surface area contributed by atoms with E-state index in [0.29, 0.717) is 5.69 Å². The maximum absolute atomic E-state index is 12.6. The molecule has 0 heterocycles. The van der Waals surface area contributed by atoms with Gasteiger partial charge in [-0.2, -0.15) is 13.2 Å². The number of para-hydroxylation sites is 2. The minimum absolute atomic E-state index is 0.201. The molecule has 3 aromatic carbocycles. The predicted octanol–water partition coefficient (Wildman–Crippen LogP) is 4.98. The van der Waals surface area contributed by atoms with Crippen molar-refractivity contribution in [2.45, 2.75) is 6.18 Å². The van der Waals surface area contributed by atoms with E-state index in [9.17, 15) is 22.8 Å². The van der Waals surface area contributed by atoms with Gasteiger partial charge in [-0.25, -0.2) is 0 Å². The Morgan fingerprint density at radius 2 is 1.37 bits per heavy atom. The van der Waals surface area contributed by atoms with Gasteiger partial charge in [0.05, 0.1) is 11.1 Å². The molecule has 0 bridgehead atoms. The van der Waals surface area contributed by atoms with Crippen LogP contribution in [0.5, 0.6) is 5.75 Å². The number of benzene rings is 3. The summed E-state index contributed by atoms with van der Waals surface area (Å²) < 4.78 is 43.2. The van der Waals surface area contributed by atoms with Crippen LogP contribution in [0.2, 0.25) is 0 Å². The average Bonchev–Trinajstić information content (AvgIpc) is 2.73. The molecule has 0 aliphatic rings. The summed E-state index contributed by atoms with van der Waals surface area (Å²) in [6.45, 7) is -0.420. The van der Waals surface area contributed by atoms with Crippen LogP contribution >= 0.6 is 0 Å². The fourth-order valence-electron chi connectivity index (χ4n) is 2.58. The van der Waals surface area contributed by atoms with Crippen molar-refractivity contribution in [1.82, 2.24) is 0 Å². The summed E-state index contributed by atoms with van der Waals surface area (Å²) >= 11 is 0. The highest BCUT2D eigenvalue weighted by Gasteiger charge is 2.30. The number of carbonyl (C=O) groups excluding carboxylic acids is 2. The zero-order valence-corrected chi connectivity index (χ0v) is 15.6. The molecule has 0 fully saturated rings. The van der Waals surface area contributed by atoms with Gasteiger partial charge in [0.15, 0.2) is 6.61 Å². The highest BCUT2D eigenvalue weighted by molar-refractivity contribution is 6.06. The zero-order valence-electron chi connectivity index (χ0n) is 15.6. The summed E-state index contributed by atoms with van der Waals surface area (Å²) in [5, 5.41) is 5.18. The Balaban J connectivity index is 1.60. The van der Waals surface area contributed by atoms with E-state index < -0.39 is 30.2 Å². The van der Waals surface area contributed by atoms with E-state index in [-0.39, 0.29) is 17.0 Å². The predicted molar refractivity (Wildman–Crippen MR) is 106 cm³/mol. The quantitative estimate of drug-likeness (QED) is 0.598. The fraction of sp³-hybridized carbons (Fsp3) is 0.0909. The highest BCUT2D eigenvalue weighted by atomic mass is 19.4. The molecule has 0 aromatic heterocycles. The van der Waals surface area contributed by atoms with Gasteiger partial charge in [-0.05, 0) is 48.5 Å². The van der Waals surface area contributed by atoms with Crippen LogP contribution in [0.1, 0.15) is 15.9 Å². The summed E-state index contributed by atoms with van der Waals surface area (Å²) in [5.41, 5.74) is 0.239. The Morgan fingerprint density at radius 1 is 0.767 bits per heavy atom. The maximum atomic E-state index is 12.6. The standard InChI is InChI=1S/C22H17F3N2O3/c23-22(24,25)15-10-12-17(13-11-15)26-20(28)14-30-19-9-5-4-8-18(19)21(29)27-16-6-2-1-3-7-16/h1-13H,14H2,(H,26,28)(H,27,29). The SMILES string of the molecule is O=C(COc1ccccc1C(=O)Nc1ccccc1)Nc1ccc(C(F)(F)F)cc1. The van der Waals surface area contributed by atoms with E-state index in [4.69, 9.17) is 4.74 Å². The topological polar surface area (TPSA) is 67.4 Å². The van der Waals surface area contributed by atoms with E-state index in [2.05, 4.69) is 10.6 Å². The first-order chi connectivity index (χ1) is 14.3. The van der Waals surface area contributed by atoms with Gasteiger partial charge >= 0.3 is 6.18 Å². The Morgan fingerprint density at radius 3 is 2.03 bits per heavy atom. The van der Waals surface area contributed by atoms with Gasteiger partial charge in [-0.15, -0.1) is 0 Å². The number of carbonyl (C=O) groups is 2. The second-order valence-electron chi connectivity index (χ2n) is 6.23. The molecular formula is C22H17F3N2O3. The van der Waals surface area contributed by atoms with Gasteiger partial charge in [0.25, 0.3) is 11.8 Å². The first-order valence-electron chi connectivity index (χ1n) is 8.88. The number of halogens is 3. The van der Waals surface area contributed by atoms with Crippen molar-refractivity contribution in [3.05, 3.63) is 90.0 Å². The number of hydrogen-bond acceptors (Lipinski definition) is 3. The van der Waals surface area contributed by atoms with Gasteiger partial charge in [-0.3, -0.25) is 9.59 Å². The number of ether oxygens (including phenoxy) is 1. The van der Waals surface area contributed by atoms with Crippen molar-refractivity contribution in [2.75, 3.05) is 17.2 Å². The van der Waals surface area contributed by atoms with Crippen LogP contribution in [-0.2, 0) is 11.0 Å². The van der Waals surface area contributed by atoms with Crippen LogP contribution in [0.15, 0.2) is 78.9 Å². The lowest BCUT2D eigenvalue weighted by Crippen LogP contribution is -2.21. The molecule has 2 N–H and O–H groups in total. The van der Waals surface area contributed by atoms with Crippen LogP contribution in [-0.4, -0.2) is 18.4 Å². The van der Waals surface area contributed by atoms with Crippen molar-refractivity contribution in [1.29, 1.82) is 0 Å². The first-order valence-corrected chi connectivity index (χ1v) is 8.88. The van der Waals surface area contributed by atoms with Crippen molar-refractivity contribution in [3.8, 4) is 5.75 Å². The molecule has 0 saturated heterocycles. The Hall–Kier alpha value is -3.81. The number of nitrogens with one attached hydrogen (secondary N) is 2. The maximum Gasteiger partial charge on any atom is 0.416 e. The third-order valence-electron chi connectivity index (χ3n) is 4.02. The summed E-state index contributed by atoms with van der Waals surface area (Å²) in [4.78, 5) is 24.6. The molecule has 0 spiro atoms. The average molecular weight is 414 g/mol. The largest absolute Gasteiger partial charge is 0.483 e. The van der Waals surface area contributed by atoms with Gasteiger partial charge in [0, 0.05) is 11.4 Å². The number of rotatable bonds is 6. The Bertz CT molecular complexity index is 1020. The van der Waals surface area contributed by atoms with E-state index in [1.165, 1.54) is 0 Å². The summed E-state index contributed by atoms with van der Waals surface area (Å²) in [6, 6.07) is 19.3. The Labute approximate surface area is 170 Å². The van der Waals surface area contributed by atoms with Crippen molar-refractivity contribution >= 4 is 23.2 Å². The molecule has 0 atom stereocenters. The van der Waals surface area contributed by atoms with Crippen molar-refractivity contribution in [3.63, 3.8) is 0 Å².